The lowest BCUT2D eigenvalue weighted by Crippen LogP contribution is -2.60. The van der Waals surface area contributed by atoms with Crippen LogP contribution < -0.4 is 16.0 Å². The quantitative estimate of drug-likeness (QED) is 0.0261. The number of rotatable bonds is 33. The molecule has 2 unspecified atom stereocenters. The summed E-state index contributed by atoms with van der Waals surface area (Å²) in [6.07, 6.45) is 6.44. The fraction of sp³-hybridized carbons (Fsp3) is 0.654. The highest BCUT2D eigenvalue weighted by Gasteiger charge is 2.44. The second kappa shape index (κ2) is 32.4. The molecule has 2 aromatic rings. The van der Waals surface area contributed by atoms with Crippen LogP contribution in [0.25, 0.3) is 0 Å². The second-order valence-electron chi connectivity index (χ2n) is 18.5. The zero-order valence-corrected chi connectivity index (χ0v) is 40.8. The first-order valence-electron chi connectivity index (χ1n) is 24.7. The molecule has 1 aliphatic rings. The van der Waals surface area contributed by atoms with Gasteiger partial charge in [0.25, 0.3) is 0 Å². The van der Waals surface area contributed by atoms with Crippen molar-refractivity contribution in [2.75, 3.05) is 18.5 Å². The van der Waals surface area contributed by atoms with Gasteiger partial charge in [0.2, 0.25) is 5.91 Å². The van der Waals surface area contributed by atoms with Crippen molar-refractivity contribution in [3.63, 3.8) is 0 Å². The van der Waals surface area contributed by atoms with Gasteiger partial charge in [-0.1, -0.05) is 153 Å². The fourth-order valence-electron chi connectivity index (χ4n) is 8.14. The number of ketones is 1. The Hall–Kier alpha value is -4.42. The highest BCUT2D eigenvalue weighted by Crippen LogP contribution is 2.25. The molecule has 0 saturated carbocycles. The number of anilines is 1. The summed E-state index contributed by atoms with van der Waals surface area (Å²) >= 11 is 0. The Bertz CT molecular complexity index is 1750. The van der Waals surface area contributed by atoms with Crippen LogP contribution in [0.1, 0.15) is 135 Å². The minimum absolute atomic E-state index is 0.0431. The van der Waals surface area contributed by atoms with Gasteiger partial charge >= 0.3 is 12.2 Å². The highest BCUT2D eigenvalue weighted by molar-refractivity contribution is 5.97. The molecule has 10 atom stereocenters. The summed E-state index contributed by atoms with van der Waals surface area (Å²) in [6.45, 7) is 10.3. The molecular weight excluding hydrogens is 875 g/mol. The molecule has 0 aliphatic carbocycles. The number of allylic oxidation sites excluding steroid dienone is 1. The van der Waals surface area contributed by atoms with E-state index in [-0.39, 0.29) is 50.3 Å². The molecule has 3 amide bonds. The van der Waals surface area contributed by atoms with Crippen molar-refractivity contribution in [3.05, 3.63) is 78.4 Å². The monoisotopic (exact) mass is 956 g/mol. The molecule has 1 saturated heterocycles. The van der Waals surface area contributed by atoms with Crippen LogP contribution in [0.15, 0.2) is 67.3 Å². The topological polar surface area (TPSA) is 242 Å². The van der Waals surface area contributed by atoms with Crippen molar-refractivity contribution >= 4 is 29.6 Å². The third-order valence-electron chi connectivity index (χ3n) is 12.5. The minimum atomic E-state index is -1.67. The van der Waals surface area contributed by atoms with Crippen LogP contribution in [-0.2, 0) is 41.8 Å². The van der Waals surface area contributed by atoms with Crippen LogP contribution in [0.2, 0.25) is 0 Å². The summed E-state index contributed by atoms with van der Waals surface area (Å²) < 4.78 is 22.1. The number of Topliss-reactive ketones (excluding diaryl/α,β-unsaturated/α-hetero) is 1. The number of unbranched alkanes of at least 4 members (excludes halogenated alkanes) is 11. The maximum Gasteiger partial charge on any atom is 0.408 e. The number of hydrogen-bond donors (Lipinski definition) is 8. The van der Waals surface area contributed by atoms with Gasteiger partial charge in [0, 0.05) is 18.0 Å². The SMILES string of the molecule is C=CC[C@H](CC(=O)[C@@H](NC(=O)OCc1ccccc1)C(C)C)C(=O)Nc1ccc(COC(=O)N[C@@H](CO[C@H]2OC(CO)[C@H](O)[C@H](O)C2O)[C@H](O)[C@H](C)CCCCCCCCCCCCCC)cc1. The molecule has 0 bridgehead atoms. The first-order valence-corrected chi connectivity index (χ1v) is 24.7. The summed E-state index contributed by atoms with van der Waals surface area (Å²) in [5, 5.41) is 60.3. The number of amides is 3. The Kier molecular flexibility index (Phi) is 27.6. The molecule has 1 fully saturated rings. The summed E-state index contributed by atoms with van der Waals surface area (Å²) in [4.78, 5) is 52.7. The number of aliphatic hydroxyl groups excluding tert-OH is 5. The normalized spacial score (nSPS) is 20.4. The van der Waals surface area contributed by atoms with E-state index < -0.39 is 79.5 Å². The largest absolute Gasteiger partial charge is 0.445 e. The van der Waals surface area contributed by atoms with E-state index in [1.165, 1.54) is 57.8 Å². The van der Waals surface area contributed by atoms with Crippen LogP contribution in [-0.4, -0.2) is 112 Å². The van der Waals surface area contributed by atoms with Gasteiger partial charge in [0.1, 0.15) is 37.6 Å². The van der Waals surface area contributed by atoms with E-state index >= 15 is 0 Å². The van der Waals surface area contributed by atoms with Crippen molar-refractivity contribution in [2.45, 2.75) is 186 Å². The Labute approximate surface area is 403 Å². The first kappa shape index (κ1) is 57.9. The first-order chi connectivity index (χ1) is 32.7. The summed E-state index contributed by atoms with van der Waals surface area (Å²) in [5.41, 5.74) is 1.81. The number of aliphatic hydroxyl groups is 5. The van der Waals surface area contributed by atoms with Crippen LogP contribution >= 0.6 is 0 Å². The zero-order valence-electron chi connectivity index (χ0n) is 40.8. The molecular formula is C52H81N3O13. The molecule has 16 nitrogen and oxygen atoms in total. The van der Waals surface area contributed by atoms with Gasteiger partial charge < -0.3 is 60.4 Å². The van der Waals surface area contributed by atoms with E-state index in [1.54, 1.807) is 44.2 Å². The Morgan fingerprint density at radius 3 is 1.87 bits per heavy atom. The highest BCUT2D eigenvalue weighted by atomic mass is 16.7. The van der Waals surface area contributed by atoms with E-state index in [0.717, 1.165) is 24.8 Å². The van der Waals surface area contributed by atoms with Gasteiger partial charge in [-0.3, -0.25) is 9.59 Å². The van der Waals surface area contributed by atoms with E-state index in [1.807, 2.05) is 37.3 Å². The number of ether oxygens (including phenoxy) is 4. The van der Waals surface area contributed by atoms with E-state index in [2.05, 4.69) is 29.5 Å². The Morgan fingerprint density at radius 1 is 0.750 bits per heavy atom. The molecule has 0 radical (unpaired) electrons. The molecule has 382 valence electrons. The molecule has 0 aromatic heterocycles. The molecule has 0 spiro atoms. The Morgan fingerprint density at radius 2 is 1.31 bits per heavy atom. The number of carbonyl (C=O) groups excluding carboxylic acids is 4. The predicted molar refractivity (Wildman–Crippen MR) is 259 cm³/mol. The van der Waals surface area contributed by atoms with Gasteiger partial charge in [0.05, 0.1) is 31.4 Å². The van der Waals surface area contributed by atoms with Crippen molar-refractivity contribution in [1.29, 1.82) is 0 Å². The molecule has 8 N–H and O–H groups in total. The predicted octanol–water partition coefficient (Wildman–Crippen LogP) is 7.23. The smallest absolute Gasteiger partial charge is 0.408 e. The maximum atomic E-state index is 13.4. The fourth-order valence-corrected chi connectivity index (χ4v) is 8.14. The van der Waals surface area contributed by atoms with Gasteiger partial charge in [-0.2, -0.15) is 0 Å². The Balaban J connectivity index is 1.54. The number of benzene rings is 2. The van der Waals surface area contributed by atoms with Crippen molar-refractivity contribution in [3.8, 4) is 0 Å². The van der Waals surface area contributed by atoms with Gasteiger partial charge in [-0.15, -0.1) is 6.58 Å². The lowest BCUT2D eigenvalue weighted by Gasteiger charge is -2.40. The lowest BCUT2D eigenvalue weighted by atomic mass is 9.90. The van der Waals surface area contributed by atoms with Gasteiger partial charge in [-0.25, -0.2) is 9.59 Å². The molecule has 1 heterocycles. The molecule has 1 aliphatic heterocycles. The van der Waals surface area contributed by atoms with Crippen LogP contribution in [0.3, 0.4) is 0 Å². The van der Waals surface area contributed by atoms with Crippen LogP contribution in [0.4, 0.5) is 15.3 Å². The maximum absolute atomic E-state index is 13.4. The number of carbonyl (C=O) groups is 4. The number of hydrogen-bond acceptors (Lipinski definition) is 13. The molecule has 2 aromatic carbocycles. The molecule has 68 heavy (non-hydrogen) atoms. The molecule has 3 rings (SSSR count). The van der Waals surface area contributed by atoms with Crippen LogP contribution in [0, 0.1) is 17.8 Å². The van der Waals surface area contributed by atoms with Crippen LogP contribution in [0.5, 0.6) is 0 Å². The average Bonchev–Trinajstić information content (AvgIpc) is 3.33. The van der Waals surface area contributed by atoms with Gasteiger partial charge in [0.15, 0.2) is 12.1 Å². The third-order valence-corrected chi connectivity index (χ3v) is 12.5. The van der Waals surface area contributed by atoms with E-state index in [0.29, 0.717) is 17.7 Å². The standard InChI is InChI=1S/C52H81N3O13/c1-6-8-9-10-11-12-13-14-15-16-17-19-23-36(5)45(58)41(34-65-50-48(61)47(60)46(59)43(31-56)68-50)54-51(63)66-33-38-26-28-40(29-27-38)53-49(62)39(22-7-2)30-42(57)44(35(3)4)55-52(64)67-32-37-24-20-18-21-25-37/h7,18,20-21,24-29,35-36,39,41,43-48,50,56,58-61H,2,6,8-17,19,22-23,30-34H2,1,3-5H3,(H,53,62)(H,54,63)(H,55,64)/t36-,39-,41+,43?,44+,45-,46+,47+,48?,50+/m1/s1. The summed E-state index contributed by atoms with van der Waals surface area (Å²) in [6, 6.07) is 13.8. The van der Waals surface area contributed by atoms with E-state index in [9.17, 15) is 44.7 Å². The third kappa shape index (κ3) is 21.1. The summed E-state index contributed by atoms with van der Waals surface area (Å²) in [7, 11) is 0. The second-order valence-corrected chi connectivity index (χ2v) is 18.5. The molecule has 16 heteroatoms. The van der Waals surface area contributed by atoms with Gasteiger partial charge in [-0.05, 0) is 47.9 Å². The minimum Gasteiger partial charge on any atom is -0.445 e. The number of alkyl carbamates (subject to hydrolysis) is 2. The number of nitrogens with one attached hydrogen (secondary N) is 3. The average molecular weight is 956 g/mol. The zero-order chi connectivity index (χ0) is 49.8. The summed E-state index contributed by atoms with van der Waals surface area (Å²) in [5.74, 6) is -2.05. The van der Waals surface area contributed by atoms with Crippen molar-refractivity contribution < 1.29 is 63.7 Å². The van der Waals surface area contributed by atoms with Crippen molar-refractivity contribution in [2.24, 2.45) is 17.8 Å². The van der Waals surface area contributed by atoms with Crippen molar-refractivity contribution in [1.82, 2.24) is 10.6 Å². The lowest BCUT2D eigenvalue weighted by molar-refractivity contribution is -0.303. The van der Waals surface area contributed by atoms with E-state index in [4.69, 9.17) is 18.9 Å².